The van der Waals surface area contributed by atoms with E-state index < -0.39 is 17.8 Å². The molecule has 3 aliphatic rings. The van der Waals surface area contributed by atoms with Gasteiger partial charge in [-0.1, -0.05) is 49.0 Å². The second kappa shape index (κ2) is 8.80. The van der Waals surface area contributed by atoms with Gasteiger partial charge in [0.15, 0.2) is 0 Å². The van der Waals surface area contributed by atoms with Crippen LogP contribution in [0.15, 0.2) is 23.3 Å². The molecule has 0 saturated heterocycles. The third-order valence-corrected chi connectivity index (χ3v) is 7.21. The van der Waals surface area contributed by atoms with Crippen molar-refractivity contribution in [3.8, 4) is 0 Å². The van der Waals surface area contributed by atoms with Crippen molar-refractivity contribution in [1.29, 1.82) is 0 Å². The number of aliphatic hydroxyl groups is 3. The molecule has 0 radical (unpaired) electrons. The monoisotopic (exact) mass is 376 g/mol. The SMILES string of the molecule is CC(C)(O)CCC[C@@H]1CCC2(CCCCC2)/C1=C\C=C1C[C@@H](O)C[C@H](O)C1. The highest BCUT2D eigenvalue weighted by atomic mass is 16.3. The average Bonchev–Trinajstić information content (AvgIpc) is 2.89. The fourth-order valence-corrected chi connectivity index (χ4v) is 5.86. The fraction of sp³-hybridized carbons (Fsp3) is 0.833. The Morgan fingerprint density at radius 1 is 1.00 bits per heavy atom. The Morgan fingerprint density at radius 3 is 2.30 bits per heavy atom. The van der Waals surface area contributed by atoms with Crippen LogP contribution in [0.3, 0.4) is 0 Å². The first-order valence-corrected chi connectivity index (χ1v) is 11.3. The zero-order chi connectivity index (χ0) is 19.5. The van der Waals surface area contributed by atoms with Gasteiger partial charge in [-0.05, 0) is 83.0 Å². The summed E-state index contributed by atoms with van der Waals surface area (Å²) in [5.41, 5.74) is 2.67. The minimum absolute atomic E-state index is 0.395. The summed E-state index contributed by atoms with van der Waals surface area (Å²) >= 11 is 0. The summed E-state index contributed by atoms with van der Waals surface area (Å²) in [6.07, 6.45) is 18.2. The van der Waals surface area contributed by atoms with Crippen LogP contribution in [-0.2, 0) is 0 Å². The predicted molar refractivity (Wildman–Crippen MR) is 110 cm³/mol. The molecule has 0 aliphatic heterocycles. The van der Waals surface area contributed by atoms with E-state index in [1.807, 2.05) is 13.8 Å². The van der Waals surface area contributed by atoms with Gasteiger partial charge in [-0.2, -0.15) is 0 Å². The molecule has 0 aromatic heterocycles. The molecule has 1 spiro atoms. The van der Waals surface area contributed by atoms with Crippen LogP contribution in [0.4, 0.5) is 0 Å². The Hall–Kier alpha value is -0.640. The van der Waals surface area contributed by atoms with Gasteiger partial charge < -0.3 is 15.3 Å². The molecule has 3 saturated carbocycles. The molecule has 3 aliphatic carbocycles. The lowest BCUT2D eigenvalue weighted by atomic mass is 9.69. The molecule has 3 heteroatoms. The molecule has 0 unspecified atom stereocenters. The average molecular weight is 377 g/mol. The molecular weight excluding hydrogens is 336 g/mol. The van der Waals surface area contributed by atoms with Crippen LogP contribution in [0.5, 0.6) is 0 Å². The molecule has 3 rings (SSSR count). The molecule has 154 valence electrons. The summed E-state index contributed by atoms with van der Waals surface area (Å²) in [6, 6.07) is 0. The molecule has 3 nitrogen and oxygen atoms in total. The topological polar surface area (TPSA) is 60.7 Å². The molecule has 0 bridgehead atoms. The number of allylic oxidation sites excluding steroid dienone is 3. The zero-order valence-corrected chi connectivity index (χ0v) is 17.4. The largest absolute Gasteiger partial charge is 0.393 e. The summed E-state index contributed by atoms with van der Waals surface area (Å²) in [5, 5.41) is 30.0. The van der Waals surface area contributed by atoms with E-state index in [4.69, 9.17) is 0 Å². The maximum Gasteiger partial charge on any atom is 0.0602 e. The van der Waals surface area contributed by atoms with Crippen molar-refractivity contribution in [3.63, 3.8) is 0 Å². The molecule has 0 amide bonds. The molecule has 3 fully saturated rings. The van der Waals surface area contributed by atoms with Crippen LogP contribution in [0.25, 0.3) is 0 Å². The van der Waals surface area contributed by atoms with Crippen molar-refractivity contribution < 1.29 is 15.3 Å². The second-order valence-electron chi connectivity index (χ2n) is 10.2. The van der Waals surface area contributed by atoms with E-state index >= 15 is 0 Å². The number of hydrogen-bond acceptors (Lipinski definition) is 3. The molecule has 0 heterocycles. The van der Waals surface area contributed by atoms with E-state index in [0.29, 0.717) is 30.6 Å². The first kappa shape index (κ1) is 21.1. The maximum absolute atomic E-state index is 10.1. The lowest BCUT2D eigenvalue weighted by Crippen LogP contribution is -2.25. The molecule has 3 atom stereocenters. The Labute approximate surface area is 165 Å². The summed E-state index contributed by atoms with van der Waals surface area (Å²) in [5.74, 6) is 0.640. The van der Waals surface area contributed by atoms with Crippen molar-refractivity contribution in [2.75, 3.05) is 0 Å². The van der Waals surface area contributed by atoms with Gasteiger partial charge in [0, 0.05) is 0 Å². The van der Waals surface area contributed by atoms with Gasteiger partial charge in [0.2, 0.25) is 0 Å². The van der Waals surface area contributed by atoms with Gasteiger partial charge in [0.05, 0.1) is 17.8 Å². The maximum atomic E-state index is 10.1. The summed E-state index contributed by atoms with van der Waals surface area (Å²) < 4.78 is 0. The smallest absolute Gasteiger partial charge is 0.0602 e. The van der Waals surface area contributed by atoms with Gasteiger partial charge in [-0.3, -0.25) is 0 Å². The molecular formula is C24H40O3. The van der Waals surface area contributed by atoms with E-state index in [1.54, 1.807) is 5.57 Å². The quantitative estimate of drug-likeness (QED) is 0.629. The number of hydrogen-bond donors (Lipinski definition) is 3. The van der Waals surface area contributed by atoms with E-state index in [0.717, 1.165) is 12.8 Å². The van der Waals surface area contributed by atoms with E-state index in [9.17, 15) is 15.3 Å². The lowest BCUT2D eigenvalue weighted by molar-refractivity contribution is 0.0609. The van der Waals surface area contributed by atoms with Gasteiger partial charge in [-0.15, -0.1) is 0 Å². The zero-order valence-electron chi connectivity index (χ0n) is 17.4. The van der Waals surface area contributed by atoms with Crippen LogP contribution in [-0.4, -0.2) is 33.1 Å². The Kier molecular flexibility index (Phi) is 6.87. The minimum Gasteiger partial charge on any atom is -0.393 e. The summed E-state index contributed by atoms with van der Waals surface area (Å²) in [6.45, 7) is 3.82. The summed E-state index contributed by atoms with van der Waals surface area (Å²) in [4.78, 5) is 0. The fourth-order valence-electron chi connectivity index (χ4n) is 5.86. The Bertz CT molecular complexity index is 536. The highest BCUT2D eigenvalue weighted by molar-refractivity contribution is 5.30. The highest BCUT2D eigenvalue weighted by Crippen LogP contribution is 2.56. The van der Waals surface area contributed by atoms with Gasteiger partial charge in [0.25, 0.3) is 0 Å². The third kappa shape index (κ3) is 5.68. The van der Waals surface area contributed by atoms with Crippen molar-refractivity contribution in [2.45, 2.75) is 115 Å². The molecule has 3 N–H and O–H groups in total. The van der Waals surface area contributed by atoms with Gasteiger partial charge in [-0.25, -0.2) is 0 Å². The summed E-state index contributed by atoms with van der Waals surface area (Å²) in [7, 11) is 0. The molecule has 0 aromatic carbocycles. The third-order valence-electron chi connectivity index (χ3n) is 7.21. The van der Waals surface area contributed by atoms with Crippen molar-refractivity contribution in [3.05, 3.63) is 23.3 Å². The normalized spacial score (nSPS) is 33.0. The van der Waals surface area contributed by atoms with Crippen molar-refractivity contribution in [2.24, 2.45) is 11.3 Å². The number of rotatable bonds is 5. The van der Waals surface area contributed by atoms with Crippen LogP contribution in [0.2, 0.25) is 0 Å². The predicted octanol–water partition coefficient (Wildman–Crippen LogP) is 5.05. The van der Waals surface area contributed by atoms with E-state index in [1.165, 1.54) is 56.9 Å². The van der Waals surface area contributed by atoms with Crippen LogP contribution in [0.1, 0.15) is 97.3 Å². The Balaban J connectivity index is 1.75. The molecule has 27 heavy (non-hydrogen) atoms. The first-order chi connectivity index (χ1) is 12.8. The van der Waals surface area contributed by atoms with Crippen LogP contribution < -0.4 is 0 Å². The standard InChI is InChI=1S/C24H40O3/c1-23(2,27)11-6-7-19-10-14-24(12-4-3-5-13-24)22(19)9-8-18-15-20(25)17-21(26)16-18/h8-9,19-21,25-27H,3-7,10-17H2,1-2H3/b22-9-/t19-,20-,21-/m1/s1. The Morgan fingerprint density at radius 2 is 1.67 bits per heavy atom. The first-order valence-electron chi connectivity index (χ1n) is 11.3. The van der Waals surface area contributed by atoms with Crippen LogP contribution in [0, 0.1) is 11.3 Å². The second-order valence-corrected chi connectivity index (χ2v) is 10.2. The van der Waals surface area contributed by atoms with Gasteiger partial charge in [0.1, 0.15) is 0 Å². The lowest BCUT2D eigenvalue weighted by Gasteiger charge is -2.36. The van der Waals surface area contributed by atoms with Gasteiger partial charge >= 0.3 is 0 Å². The van der Waals surface area contributed by atoms with E-state index in [-0.39, 0.29) is 0 Å². The highest BCUT2D eigenvalue weighted by Gasteiger charge is 2.43. The minimum atomic E-state index is -0.568. The number of aliphatic hydroxyl groups excluding tert-OH is 2. The van der Waals surface area contributed by atoms with E-state index in [2.05, 4.69) is 12.2 Å². The van der Waals surface area contributed by atoms with Crippen LogP contribution >= 0.6 is 0 Å². The van der Waals surface area contributed by atoms with Crippen molar-refractivity contribution >= 4 is 0 Å². The van der Waals surface area contributed by atoms with Crippen molar-refractivity contribution in [1.82, 2.24) is 0 Å². The molecule has 0 aromatic rings.